The van der Waals surface area contributed by atoms with E-state index in [4.69, 9.17) is 0 Å². The molecule has 6 nitrogen and oxygen atoms in total. The summed E-state index contributed by atoms with van der Waals surface area (Å²) in [5.74, 6) is -0.0462. The van der Waals surface area contributed by atoms with Gasteiger partial charge in [-0.3, -0.25) is 9.78 Å². The molecular weight excluding hydrogens is 338 g/mol. The lowest BCUT2D eigenvalue weighted by Gasteiger charge is -2.36. The number of pyridine rings is 1. The minimum Gasteiger partial charge on any atom is -0.328 e. The van der Waals surface area contributed by atoms with Gasteiger partial charge >= 0.3 is 0 Å². The topological polar surface area (TPSA) is 63.1 Å². The lowest BCUT2D eigenvalue weighted by atomic mass is 10.0. The predicted molar refractivity (Wildman–Crippen MR) is 104 cm³/mol. The van der Waals surface area contributed by atoms with Crippen LogP contribution in [-0.4, -0.2) is 45.2 Å². The van der Waals surface area contributed by atoms with Crippen LogP contribution >= 0.6 is 0 Å². The lowest BCUT2D eigenvalue weighted by Crippen LogP contribution is -2.48. The number of nitrogens with one attached hydrogen (secondary N) is 1. The lowest BCUT2D eigenvalue weighted by molar-refractivity contribution is 0.0628. The fourth-order valence-electron chi connectivity index (χ4n) is 3.47. The quantitative estimate of drug-likeness (QED) is 0.776. The molecule has 0 radical (unpaired) electrons. The second-order valence-electron chi connectivity index (χ2n) is 6.66. The normalized spacial score (nSPS) is 17.1. The summed E-state index contributed by atoms with van der Waals surface area (Å²) >= 11 is 0. The molecule has 6 heteroatoms. The van der Waals surface area contributed by atoms with Gasteiger partial charge in [0.2, 0.25) is 0 Å². The number of piperazine rings is 1. The van der Waals surface area contributed by atoms with E-state index in [0.717, 1.165) is 30.8 Å². The van der Waals surface area contributed by atoms with E-state index in [1.54, 1.807) is 23.1 Å². The van der Waals surface area contributed by atoms with Crippen molar-refractivity contribution in [1.29, 1.82) is 0 Å². The number of amides is 1. The third-order valence-corrected chi connectivity index (χ3v) is 5.01. The van der Waals surface area contributed by atoms with Gasteiger partial charge in [0.1, 0.15) is 5.69 Å². The summed E-state index contributed by atoms with van der Waals surface area (Å²) in [6.45, 7) is 4.34. The summed E-state index contributed by atoms with van der Waals surface area (Å²) in [5, 5.41) is 7.64. The van der Waals surface area contributed by atoms with Crippen molar-refractivity contribution in [2.45, 2.75) is 19.4 Å². The molecule has 1 N–H and O–H groups in total. The predicted octanol–water partition coefficient (Wildman–Crippen LogP) is 2.62. The van der Waals surface area contributed by atoms with Crippen molar-refractivity contribution in [3.8, 4) is 5.69 Å². The smallest absolute Gasteiger partial charge is 0.273 e. The summed E-state index contributed by atoms with van der Waals surface area (Å²) in [5.41, 5.74) is 3.72. The van der Waals surface area contributed by atoms with Crippen molar-refractivity contribution in [3.05, 3.63) is 77.9 Å². The zero-order chi connectivity index (χ0) is 18.6. The Morgan fingerprint density at radius 2 is 2.07 bits per heavy atom. The van der Waals surface area contributed by atoms with E-state index in [2.05, 4.69) is 46.6 Å². The first-order valence-corrected chi connectivity index (χ1v) is 9.33. The Hall–Kier alpha value is -2.99. The van der Waals surface area contributed by atoms with Gasteiger partial charge in [-0.2, -0.15) is 5.10 Å². The van der Waals surface area contributed by atoms with Crippen molar-refractivity contribution in [2.75, 3.05) is 19.6 Å². The van der Waals surface area contributed by atoms with Crippen LogP contribution in [0.25, 0.3) is 5.69 Å². The summed E-state index contributed by atoms with van der Waals surface area (Å²) in [4.78, 5) is 19.5. The van der Waals surface area contributed by atoms with Crippen LogP contribution in [0.5, 0.6) is 0 Å². The highest BCUT2D eigenvalue weighted by Crippen LogP contribution is 2.24. The molecule has 138 valence electrons. The number of hydrogen-bond donors (Lipinski definition) is 1. The maximum Gasteiger partial charge on any atom is 0.273 e. The summed E-state index contributed by atoms with van der Waals surface area (Å²) in [6.07, 6.45) is 6.24. The van der Waals surface area contributed by atoms with Gasteiger partial charge < -0.3 is 10.2 Å². The molecule has 1 saturated heterocycles. The fourth-order valence-corrected chi connectivity index (χ4v) is 3.47. The number of nitrogens with zero attached hydrogens (tertiary/aromatic N) is 4. The summed E-state index contributed by atoms with van der Waals surface area (Å²) in [7, 11) is 0. The third-order valence-electron chi connectivity index (χ3n) is 5.01. The maximum atomic E-state index is 13.2. The molecule has 0 bridgehead atoms. The number of aromatic nitrogens is 3. The molecule has 1 unspecified atom stereocenters. The average molecular weight is 361 g/mol. The van der Waals surface area contributed by atoms with Crippen LogP contribution in [0.15, 0.2) is 61.1 Å². The standard InChI is InChI=1S/C21H23N5O/c1-2-16-4-6-17(7-5-16)20-15-22-11-13-25(20)21(27)19-14-18(8-10-23-19)26-12-3-9-24-26/h3-10,12,14,20,22H,2,11,13,15H2,1H3. The monoisotopic (exact) mass is 361 g/mol. The molecule has 27 heavy (non-hydrogen) atoms. The van der Waals surface area contributed by atoms with Crippen LogP contribution in [0.1, 0.15) is 34.6 Å². The van der Waals surface area contributed by atoms with Gasteiger partial charge in [-0.05, 0) is 35.7 Å². The Kier molecular flexibility index (Phi) is 4.98. The summed E-state index contributed by atoms with van der Waals surface area (Å²) < 4.78 is 1.73. The minimum atomic E-state index is -0.0462. The number of rotatable bonds is 4. The van der Waals surface area contributed by atoms with Crippen LogP contribution in [-0.2, 0) is 6.42 Å². The van der Waals surface area contributed by atoms with Gasteiger partial charge in [0.05, 0.1) is 11.7 Å². The number of carbonyl (C=O) groups excluding carboxylic acids is 1. The zero-order valence-electron chi connectivity index (χ0n) is 15.4. The SMILES string of the molecule is CCc1ccc(C2CNCCN2C(=O)c2cc(-n3cccn3)ccn2)cc1. The first kappa shape index (κ1) is 17.4. The molecule has 4 rings (SSSR count). The molecule has 3 heterocycles. The van der Waals surface area contributed by atoms with Gasteiger partial charge in [-0.25, -0.2) is 4.68 Å². The Morgan fingerprint density at radius 3 is 2.81 bits per heavy atom. The van der Waals surface area contributed by atoms with Gasteiger partial charge in [0.15, 0.2) is 0 Å². The molecule has 2 aromatic heterocycles. The molecule has 1 atom stereocenters. The Bertz CT molecular complexity index is 905. The van der Waals surface area contributed by atoms with Crippen LogP contribution in [0.3, 0.4) is 0 Å². The Labute approximate surface area is 158 Å². The van der Waals surface area contributed by atoms with Crippen LogP contribution < -0.4 is 5.32 Å². The van der Waals surface area contributed by atoms with Gasteiger partial charge in [0, 0.05) is 38.2 Å². The minimum absolute atomic E-state index is 0.00677. The summed E-state index contributed by atoms with van der Waals surface area (Å²) in [6, 6.07) is 14.1. The number of benzene rings is 1. The highest BCUT2D eigenvalue weighted by molar-refractivity contribution is 5.93. The van der Waals surface area contributed by atoms with Gasteiger partial charge in [-0.1, -0.05) is 31.2 Å². The van der Waals surface area contributed by atoms with Crippen molar-refractivity contribution in [2.24, 2.45) is 0 Å². The number of hydrogen-bond acceptors (Lipinski definition) is 4. The first-order chi connectivity index (χ1) is 13.3. The first-order valence-electron chi connectivity index (χ1n) is 9.33. The van der Waals surface area contributed by atoms with E-state index in [0.29, 0.717) is 12.2 Å². The fraction of sp³-hybridized carbons (Fsp3) is 0.286. The second kappa shape index (κ2) is 7.72. The molecule has 1 fully saturated rings. The number of carbonyl (C=O) groups is 1. The Balaban J connectivity index is 1.61. The molecule has 1 aromatic carbocycles. The molecule has 1 amide bonds. The van der Waals surface area contributed by atoms with E-state index >= 15 is 0 Å². The molecule has 0 aliphatic carbocycles. The van der Waals surface area contributed by atoms with E-state index in [-0.39, 0.29) is 11.9 Å². The van der Waals surface area contributed by atoms with E-state index in [1.807, 2.05) is 23.2 Å². The van der Waals surface area contributed by atoms with Crippen molar-refractivity contribution < 1.29 is 4.79 Å². The van der Waals surface area contributed by atoms with E-state index in [1.165, 1.54) is 5.56 Å². The second-order valence-corrected chi connectivity index (χ2v) is 6.66. The van der Waals surface area contributed by atoms with Crippen LogP contribution in [0.2, 0.25) is 0 Å². The average Bonchev–Trinajstić information content (AvgIpc) is 3.28. The molecular formula is C21H23N5O. The van der Waals surface area contributed by atoms with Crippen molar-refractivity contribution >= 4 is 5.91 Å². The number of aryl methyl sites for hydroxylation is 1. The molecule has 1 aliphatic rings. The molecule has 3 aromatic rings. The van der Waals surface area contributed by atoms with Gasteiger partial charge in [-0.15, -0.1) is 0 Å². The van der Waals surface area contributed by atoms with E-state index in [9.17, 15) is 4.79 Å². The molecule has 0 spiro atoms. The maximum absolute atomic E-state index is 13.2. The largest absolute Gasteiger partial charge is 0.328 e. The van der Waals surface area contributed by atoms with Crippen LogP contribution in [0.4, 0.5) is 0 Å². The van der Waals surface area contributed by atoms with Gasteiger partial charge in [0.25, 0.3) is 5.91 Å². The highest BCUT2D eigenvalue weighted by Gasteiger charge is 2.29. The van der Waals surface area contributed by atoms with E-state index < -0.39 is 0 Å². The van der Waals surface area contributed by atoms with Crippen LogP contribution in [0, 0.1) is 0 Å². The zero-order valence-corrected chi connectivity index (χ0v) is 15.4. The van der Waals surface area contributed by atoms with Crippen molar-refractivity contribution in [1.82, 2.24) is 25.0 Å². The van der Waals surface area contributed by atoms with Crippen molar-refractivity contribution in [3.63, 3.8) is 0 Å². The molecule has 1 aliphatic heterocycles. The Morgan fingerprint density at radius 1 is 1.22 bits per heavy atom. The molecule has 0 saturated carbocycles. The highest BCUT2D eigenvalue weighted by atomic mass is 16.2. The third kappa shape index (κ3) is 3.61.